The Morgan fingerprint density at radius 2 is 2.05 bits per heavy atom. The molecule has 3 nitrogen and oxygen atoms in total. The first kappa shape index (κ1) is 15.6. The zero-order valence-corrected chi connectivity index (χ0v) is 11.4. The average Bonchev–Trinajstić information content (AvgIpc) is 2.30. The van der Waals surface area contributed by atoms with Crippen molar-refractivity contribution in [3.63, 3.8) is 0 Å². The second-order valence-electron chi connectivity index (χ2n) is 5.39. The van der Waals surface area contributed by atoms with Crippen molar-refractivity contribution < 1.29 is 18.3 Å². The van der Waals surface area contributed by atoms with Gasteiger partial charge in [0.25, 0.3) is 0 Å². The van der Waals surface area contributed by atoms with Crippen molar-refractivity contribution in [1.29, 1.82) is 0 Å². The van der Waals surface area contributed by atoms with Gasteiger partial charge in [-0.1, -0.05) is 13.8 Å². The molecule has 0 heterocycles. The van der Waals surface area contributed by atoms with Gasteiger partial charge >= 0.3 is 5.97 Å². The molecule has 0 amide bonds. The molecule has 19 heavy (non-hydrogen) atoms. The highest BCUT2D eigenvalue weighted by Gasteiger charge is 2.27. The van der Waals surface area contributed by atoms with Crippen LogP contribution in [0.25, 0.3) is 0 Å². The Labute approximate surface area is 111 Å². The molecular formula is C14H19F2NO2. The Balaban J connectivity index is 2.81. The van der Waals surface area contributed by atoms with Crippen molar-refractivity contribution in [2.75, 3.05) is 7.11 Å². The van der Waals surface area contributed by atoms with Crippen LogP contribution in [-0.2, 0) is 9.53 Å². The SMILES string of the molecule is COC(=O)CC(C)(C)CC(N)c1cc(F)ccc1F. The third-order valence-corrected chi connectivity index (χ3v) is 2.98. The molecule has 0 aliphatic heterocycles. The second kappa shape index (κ2) is 6.10. The number of ether oxygens (including phenoxy) is 1. The molecule has 0 aliphatic rings. The van der Waals surface area contributed by atoms with Crippen LogP contribution in [0.1, 0.15) is 38.3 Å². The van der Waals surface area contributed by atoms with Gasteiger partial charge in [0.1, 0.15) is 11.6 Å². The summed E-state index contributed by atoms with van der Waals surface area (Å²) in [6, 6.07) is 2.52. The molecular weight excluding hydrogens is 252 g/mol. The van der Waals surface area contributed by atoms with Crippen LogP contribution in [0.15, 0.2) is 18.2 Å². The Hall–Kier alpha value is -1.49. The molecule has 0 aromatic heterocycles. The summed E-state index contributed by atoms with van der Waals surface area (Å²) < 4.78 is 31.3. The molecule has 0 aliphatic carbocycles. The van der Waals surface area contributed by atoms with Crippen molar-refractivity contribution in [2.45, 2.75) is 32.7 Å². The summed E-state index contributed by atoms with van der Waals surface area (Å²) in [6.07, 6.45) is 0.524. The number of methoxy groups -OCH3 is 1. The lowest BCUT2D eigenvalue weighted by molar-refractivity contribution is -0.143. The molecule has 1 unspecified atom stereocenters. The maximum Gasteiger partial charge on any atom is 0.306 e. The van der Waals surface area contributed by atoms with Crippen LogP contribution >= 0.6 is 0 Å². The lowest BCUT2D eigenvalue weighted by atomic mass is 9.81. The van der Waals surface area contributed by atoms with Gasteiger partial charge in [-0.25, -0.2) is 8.78 Å². The van der Waals surface area contributed by atoms with Crippen LogP contribution in [0.3, 0.4) is 0 Å². The van der Waals surface area contributed by atoms with Crippen LogP contribution in [0.4, 0.5) is 8.78 Å². The van der Waals surface area contributed by atoms with Crippen molar-refractivity contribution in [3.05, 3.63) is 35.4 Å². The molecule has 0 spiro atoms. The molecule has 106 valence electrons. The third-order valence-electron chi connectivity index (χ3n) is 2.98. The smallest absolute Gasteiger partial charge is 0.306 e. The van der Waals surface area contributed by atoms with Crippen molar-refractivity contribution in [2.24, 2.45) is 11.1 Å². The van der Waals surface area contributed by atoms with Gasteiger partial charge in [0.2, 0.25) is 0 Å². The van der Waals surface area contributed by atoms with Gasteiger partial charge in [0, 0.05) is 11.6 Å². The standard InChI is InChI=1S/C14H19F2NO2/c1-14(2,8-13(18)19-3)7-12(17)10-6-9(15)4-5-11(10)16/h4-6,12H,7-8,17H2,1-3H3. The normalized spacial score (nSPS) is 13.2. The zero-order chi connectivity index (χ0) is 14.6. The third kappa shape index (κ3) is 4.59. The highest BCUT2D eigenvalue weighted by molar-refractivity contribution is 5.69. The Kier molecular flexibility index (Phi) is 5.00. The predicted molar refractivity (Wildman–Crippen MR) is 68.3 cm³/mol. The largest absolute Gasteiger partial charge is 0.469 e. The molecule has 1 aromatic rings. The molecule has 0 saturated heterocycles. The van der Waals surface area contributed by atoms with Gasteiger partial charge in [-0.15, -0.1) is 0 Å². The van der Waals surface area contributed by atoms with E-state index in [4.69, 9.17) is 5.73 Å². The topological polar surface area (TPSA) is 52.3 Å². The Morgan fingerprint density at radius 3 is 2.63 bits per heavy atom. The summed E-state index contributed by atoms with van der Waals surface area (Å²) in [6.45, 7) is 3.67. The number of carbonyl (C=O) groups excluding carboxylic acids is 1. The minimum absolute atomic E-state index is 0.123. The fourth-order valence-electron chi connectivity index (χ4n) is 2.04. The number of nitrogens with two attached hydrogens (primary N) is 1. The monoisotopic (exact) mass is 271 g/mol. The summed E-state index contributed by atoms with van der Waals surface area (Å²) in [7, 11) is 1.31. The maximum absolute atomic E-state index is 13.6. The highest BCUT2D eigenvalue weighted by Crippen LogP contribution is 2.33. The molecule has 0 bridgehead atoms. The molecule has 0 fully saturated rings. The maximum atomic E-state index is 13.6. The van der Waals surface area contributed by atoms with Gasteiger partial charge in [-0.2, -0.15) is 0 Å². The predicted octanol–water partition coefficient (Wildman–Crippen LogP) is 2.94. The van der Waals surface area contributed by atoms with Gasteiger partial charge in [0.15, 0.2) is 0 Å². The molecule has 0 saturated carbocycles. The average molecular weight is 271 g/mol. The first-order valence-electron chi connectivity index (χ1n) is 6.02. The van der Waals surface area contributed by atoms with E-state index in [2.05, 4.69) is 4.74 Å². The number of hydrogen-bond acceptors (Lipinski definition) is 3. The first-order chi connectivity index (χ1) is 8.75. The highest BCUT2D eigenvalue weighted by atomic mass is 19.1. The van der Waals surface area contributed by atoms with Gasteiger partial charge in [0.05, 0.1) is 13.5 Å². The van der Waals surface area contributed by atoms with E-state index in [-0.39, 0.29) is 18.0 Å². The minimum atomic E-state index is -0.671. The summed E-state index contributed by atoms with van der Waals surface area (Å²) in [5.74, 6) is -1.42. The summed E-state index contributed by atoms with van der Waals surface area (Å²) >= 11 is 0. The fourth-order valence-corrected chi connectivity index (χ4v) is 2.04. The Bertz CT molecular complexity index is 461. The summed E-state index contributed by atoms with van der Waals surface area (Å²) in [5.41, 5.74) is 5.58. The zero-order valence-electron chi connectivity index (χ0n) is 11.4. The van der Waals surface area contributed by atoms with E-state index in [1.165, 1.54) is 7.11 Å². The van der Waals surface area contributed by atoms with Crippen molar-refractivity contribution >= 4 is 5.97 Å². The van der Waals surface area contributed by atoms with E-state index >= 15 is 0 Å². The van der Waals surface area contributed by atoms with Gasteiger partial charge in [-0.05, 0) is 30.0 Å². The number of benzene rings is 1. The molecule has 1 rings (SSSR count). The Morgan fingerprint density at radius 1 is 1.42 bits per heavy atom. The number of carbonyl (C=O) groups is 1. The second-order valence-corrected chi connectivity index (χ2v) is 5.39. The van der Waals surface area contributed by atoms with E-state index in [0.29, 0.717) is 6.42 Å². The quantitative estimate of drug-likeness (QED) is 0.838. The van der Waals surface area contributed by atoms with Crippen LogP contribution < -0.4 is 5.73 Å². The first-order valence-corrected chi connectivity index (χ1v) is 6.02. The molecule has 2 N–H and O–H groups in total. The van der Waals surface area contributed by atoms with Gasteiger partial charge < -0.3 is 10.5 Å². The number of halogens is 2. The van der Waals surface area contributed by atoms with Crippen molar-refractivity contribution in [1.82, 2.24) is 0 Å². The van der Waals surface area contributed by atoms with E-state index < -0.39 is 23.1 Å². The molecule has 1 atom stereocenters. The lowest BCUT2D eigenvalue weighted by Gasteiger charge is -2.27. The molecule has 1 aromatic carbocycles. The van der Waals surface area contributed by atoms with Crippen LogP contribution in [-0.4, -0.2) is 13.1 Å². The van der Waals surface area contributed by atoms with Gasteiger partial charge in [-0.3, -0.25) is 4.79 Å². The lowest BCUT2D eigenvalue weighted by Crippen LogP contribution is -2.25. The minimum Gasteiger partial charge on any atom is -0.469 e. The summed E-state index contributed by atoms with van der Waals surface area (Å²) in [5, 5.41) is 0. The van der Waals surface area contributed by atoms with Crippen LogP contribution in [0.5, 0.6) is 0 Å². The van der Waals surface area contributed by atoms with Crippen LogP contribution in [0.2, 0.25) is 0 Å². The number of hydrogen-bond donors (Lipinski definition) is 1. The van der Waals surface area contributed by atoms with E-state index in [0.717, 1.165) is 18.2 Å². The molecule has 0 radical (unpaired) electrons. The number of esters is 1. The molecule has 5 heteroatoms. The number of rotatable bonds is 5. The van der Waals surface area contributed by atoms with Crippen LogP contribution in [0, 0.1) is 17.0 Å². The van der Waals surface area contributed by atoms with E-state index in [1.807, 2.05) is 13.8 Å². The van der Waals surface area contributed by atoms with Crippen molar-refractivity contribution in [3.8, 4) is 0 Å². The van der Waals surface area contributed by atoms with E-state index in [1.54, 1.807) is 0 Å². The van der Waals surface area contributed by atoms with E-state index in [9.17, 15) is 13.6 Å². The fraction of sp³-hybridized carbons (Fsp3) is 0.500. The summed E-state index contributed by atoms with van der Waals surface area (Å²) in [4.78, 5) is 11.3.